The molecule has 0 heterocycles. The van der Waals surface area contributed by atoms with Crippen molar-refractivity contribution in [3.05, 3.63) is 39.9 Å². The van der Waals surface area contributed by atoms with Gasteiger partial charge in [0, 0.05) is 6.07 Å². The van der Waals surface area contributed by atoms with Crippen LogP contribution in [0.5, 0.6) is 0 Å². The van der Waals surface area contributed by atoms with E-state index in [9.17, 15) is 18.9 Å². The second-order valence-corrected chi connectivity index (χ2v) is 3.27. The average Bonchev–Trinajstić information content (AvgIpc) is 2.03. The summed E-state index contributed by atoms with van der Waals surface area (Å²) >= 11 is 2.07. The smallest absolute Gasteiger partial charge is 0.258 e. The number of alkyl halides is 3. The van der Waals surface area contributed by atoms with Crippen molar-refractivity contribution in [3.8, 4) is 0 Å². The first-order valence-corrected chi connectivity index (χ1v) is 4.03. The van der Waals surface area contributed by atoms with Crippen LogP contribution >= 0.6 is 15.9 Å². The lowest BCUT2D eigenvalue weighted by Gasteiger charge is -2.07. The Bertz CT molecular complexity index is 338. The summed E-state index contributed by atoms with van der Waals surface area (Å²) in [4.78, 5) is 6.11. The molecule has 1 aromatic rings. The van der Waals surface area contributed by atoms with Crippen LogP contribution in [0.25, 0.3) is 0 Å². The maximum absolute atomic E-state index is 12.7. The number of hydrogen-bond donors (Lipinski definition) is 0. The molecule has 0 aromatic heterocycles. The first kappa shape index (κ1) is 10.0. The van der Waals surface area contributed by atoms with Crippen molar-refractivity contribution < 1.29 is 13.7 Å². The highest BCUT2D eigenvalue weighted by atomic mass is 79.9. The Morgan fingerprint density at radius 1 is 1.38 bits per heavy atom. The first-order chi connectivity index (χ1) is 5.93. The van der Waals surface area contributed by atoms with E-state index in [0.717, 1.165) is 12.1 Å². The van der Waals surface area contributed by atoms with Crippen LogP contribution in [0.2, 0.25) is 0 Å². The fourth-order valence-corrected chi connectivity index (χ4v) is 1.21. The Morgan fingerprint density at radius 2 is 1.92 bits per heavy atom. The number of nitrogens with zero attached hydrogens (tertiary/aromatic N) is 1. The Morgan fingerprint density at radius 3 is 2.31 bits per heavy atom. The van der Waals surface area contributed by atoms with Crippen molar-refractivity contribution in [2.75, 3.05) is 0 Å². The van der Waals surface area contributed by atoms with E-state index in [4.69, 9.17) is 0 Å². The number of benzene rings is 1. The fourth-order valence-electron chi connectivity index (χ4n) is 0.873. The number of hydrogen-bond acceptors (Lipinski definition) is 2. The minimum atomic E-state index is -3.36. The second kappa shape index (κ2) is 3.37. The average molecular weight is 252 g/mol. The quantitative estimate of drug-likeness (QED) is 0.461. The Kier molecular flexibility index (Phi) is 2.60. The largest absolute Gasteiger partial charge is 0.333 e. The molecule has 0 fully saturated rings. The zero-order valence-electron chi connectivity index (χ0n) is 6.21. The summed E-state index contributed by atoms with van der Waals surface area (Å²) in [7, 11) is 0. The Hall–Kier alpha value is -1.04. The molecule has 13 heavy (non-hydrogen) atoms. The van der Waals surface area contributed by atoms with E-state index in [1.807, 2.05) is 0 Å². The predicted octanol–water partition coefficient (Wildman–Crippen LogP) is 3.04. The molecule has 0 radical (unpaired) electrons. The molecular formula is C7H4BrF2NO2. The molecule has 0 atom stereocenters. The summed E-state index contributed by atoms with van der Waals surface area (Å²) in [6, 6.07) is 4.69. The highest BCUT2D eigenvalue weighted by Gasteiger charge is 2.34. The van der Waals surface area contributed by atoms with Gasteiger partial charge in [0.05, 0.1) is 4.92 Å². The number of rotatable bonds is 2. The van der Waals surface area contributed by atoms with Crippen LogP contribution in [0.1, 0.15) is 5.56 Å². The van der Waals surface area contributed by atoms with E-state index in [2.05, 4.69) is 15.9 Å². The van der Waals surface area contributed by atoms with E-state index >= 15 is 0 Å². The van der Waals surface area contributed by atoms with Crippen LogP contribution in [0.3, 0.4) is 0 Å². The molecule has 1 rings (SSSR count). The molecule has 0 amide bonds. The molecule has 0 aliphatic carbocycles. The van der Waals surface area contributed by atoms with Gasteiger partial charge in [0.25, 0.3) is 5.69 Å². The van der Waals surface area contributed by atoms with Gasteiger partial charge in [0.2, 0.25) is 0 Å². The third kappa shape index (κ3) is 2.21. The maximum Gasteiger partial charge on any atom is 0.333 e. The predicted molar refractivity (Wildman–Crippen MR) is 45.9 cm³/mol. The van der Waals surface area contributed by atoms with Gasteiger partial charge in [-0.3, -0.25) is 10.1 Å². The summed E-state index contributed by atoms with van der Waals surface area (Å²) in [6.45, 7) is 0. The molecule has 0 aliphatic rings. The van der Waals surface area contributed by atoms with Crippen molar-refractivity contribution in [2.45, 2.75) is 4.83 Å². The van der Waals surface area contributed by atoms with Crippen molar-refractivity contribution in [1.82, 2.24) is 0 Å². The number of nitro groups is 1. The fraction of sp³-hybridized carbons (Fsp3) is 0.143. The van der Waals surface area contributed by atoms with Gasteiger partial charge in [0.15, 0.2) is 0 Å². The molecule has 0 spiro atoms. The molecule has 0 saturated carbocycles. The summed E-state index contributed by atoms with van der Waals surface area (Å²) in [5.41, 5.74) is -1.23. The molecule has 0 bridgehead atoms. The van der Waals surface area contributed by atoms with E-state index in [1.54, 1.807) is 0 Å². The highest BCUT2D eigenvalue weighted by molar-refractivity contribution is 9.09. The third-order valence-electron chi connectivity index (χ3n) is 1.41. The van der Waals surface area contributed by atoms with Crippen LogP contribution in [0, 0.1) is 10.1 Å². The number of nitro benzene ring substituents is 1. The van der Waals surface area contributed by atoms with Crippen LogP contribution in [-0.4, -0.2) is 4.92 Å². The van der Waals surface area contributed by atoms with Gasteiger partial charge in [0.1, 0.15) is 5.56 Å². The highest BCUT2D eigenvalue weighted by Crippen LogP contribution is 2.39. The Balaban J connectivity index is 3.28. The van der Waals surface area contributed by atoms with Crippen molar-refractivity contribution >= 4 is 21.6 Å². The topological polar surface area (TPSA) is 43.1 Å². The molecule has 0 unspecified atom stereocenters. The normalized spacial score (nSPS) is 11.3. The summed E-state index contributed by atoms with van der Waals surface area (Å²) in [6.07, 6.45) is 0. The van der Waals surface area contributed by atoms with Gasteiger partial charge in [-0.1, -0.05) is 12.1 Å². The van der Waals surface area contributed by atoms with Crippen LogP contribution in [0.4, 0.5) is 14.5 Å². The Labute approximate surface area is 80.6 Å². The summed E-state index contributed by atoms with van der Waals surface area (Å²) < 4.78 is 25.4. The van der Waals surface area contributed by atoms with Gasteiger partial charge < -0.3 is 0 Å². The minimum absolute atomic E-state index is 0.593. The molecule has 3 nitrogen and oxygen atoms in total. The number of halogens is 3. The first-order valence-electron chi connectivity index (χ1n) is 3.23. The van der Waals surface area contributed by atoms with Crippen LogP contribution < -0.4 is 0 Å². The zero-order valence-corrected chi connectivity index (χ0v) is 7.79. The monoisotopic (exact) mass is 251 g/mol. The lowest BCUT2D eigenvalue weighted by Crippen LogP contribution is -2.06. The molecule has 0 N–H and O–H groups in total. The van der Waals surface area contributed by atoms with Crippen LogP contribution in [0.15, 0.2) is 24.3 Å². The second-order valence-electron chi connectivity index (χ2n) is 2.27. The molecule has 6 heteroatoms. The third-order valence-corrected chi connectivity index (χ3v) is 1.83. The SMILES string of the molecule is O=[N+]([O-])c1ccccc1C(F)(F)Br. The summed E-state index contributed by atoms with van der Waals surface area (Å²) in [5, 5.41) is 10.3. The van der Waals surface area contributed by atoms with Gasteiger partial charge >= 0.3 is 4.83 Å². The van der Waals surface area contributed by atoms with Crippen LogP contribution in [-0.2, 0) is 4.83 Å². The standard InChI is InChI=1S/C7H4BrF2NO2/c8-7(9,10)5-3-1-2-4-6(5)11(12)13/h1-4H. The van der Waals surface area contributed by atoms with E-state index < -0.39 is 21.0 Å². The van der Waals surface area contributed by atoms with Gasteiger partial charge in [-0.25, -0.2) is 0 Å². The molecular weight excluding hydrogens is 248 g/mol. The number of para-hydroxylation sites is 1. The maximum atomic E-state index is 12.7. The van der Waals surface area contributed by atoms with E-state index in [1.165, 1.54) is 12.1 Å². The minimum Gasteiger partial charge on any atom is -0.258 e. The van der Waals surface area contributed by atoms with Crippen molar-refractivity contribution in [3.63, 3.8) is 0 Å². The lowest BCUT2D eigenvalue weighted by molar-refractivity contribution is -0.386. The lowest BCUT2D eigenvalue weighted by atomic mass is 10.2. The molecule has 0 saturated heterocycles. The van der Waals surface area contributed by atoms with Crippen molar-refractivity contribution in [1.29, 1.82) is 0 Å². The molecule has 70 valence electrons. The molecule has 1 aromatic carbocycles. The van der Waals surface area contributed by atoms with Gasteiger partial charge in [-0.15, -0.1) is 0 Å². The zero-order chi connectivity index (χ0) is 10.1. The summed E-state index contributed by atoms with van der Waals surface area (Å²) in [5.74, 6) is 0. The molecule has 0 aliphatic heterocycles. The van der Waals surface area contributed by atoms with E-state index in [0.29, 0.717) is 0 Å². The van der Waals surface area contributed by atoms with Gasteiger partial charge in [-0.05, 0) is 22.0 Å². The van der Waals surface area contributed by atoms with Gasteiger partial charge in [-0.2, -0.15) is 8.78 Å². The van der Waals surface area contributed by atoms with E-state index in [-0.39, 0.29) is 0 Å². The van der Waals surface area contributed by atoms with Crippen molar-refractivity contribution in [2.24, 2.45) is 0 Å².